The molecule has 2 N–H and O–H groups in total. The van der Waals surface area contributed by atoms with Crippen LogP contribution >= 0.6 is 0 Å². The minimum Gasteiger partial charge on any atom is -0.366 e. The van der Waals surface area contributed by atoms with Crippen LogP contribution in [0.2, 0.25) is 0 Å². The largest absolute Gasteiger partial charge is 0.366 e. The molecule has 0 aliphatic carbocycles. The number of pyridine rings is 1. The van der Waals surface area contributed by atoms with Crippen LogP contribution in [0.25, 0.3) is 21.9 Å². The van der Waals surface area contributed by atoms with E-state index in [9.17, 15) is 14.9 Å². The van der Waals surface area contributed by atoms with Crippen LogP contribution in [0.5, 0.6) is 0 Å². The summed E-state index contributed by atoms with van der Waals surface area (Å²) >= 11 is 0. The molecule has 0 aliphatic heterocycles. The normalized spacial score (nSPS) is 10.5. The van der Waals surface area contributed by atoms with Gasteiger partial charge < -0.3 is 5.73 Å². The zero-order chi connectivity index (χ0) is 15.7. The number of nitro groups is 1. The quantitative estimate of drug-likeness (QED) is 0.592. The molecule has 2 aromatic carbocycles. The van der Waals surface area contributed by atoms with Crippen LogP contribution in [0, 0.1) is 10.1 Å². The van der Waals surface area contributed by atoms with Gasteiger partial charge in [0.15, 0.2) is 0 Å². The molecule has 1 aromatic heterocycles. The minimum absolute atomic E-state index is 0.0229. The van der Waals surface area contributed by atoms with Crippen molar-refractivity contribution in [1.29, 1.82) is 0 Å². The van der Waals surface area contributed by atoms with Crippen LogP contribution in [0.4, 0.5) is 5.69 Å². The lowest BCUT2D eigenvalue weighted by molar-refractivity contribution is -0.384. The standard InChI is InChI=1S/C16H11N3O3/c17-16(20)11-1-2-12-8-18-9-15(14(12)7-11)10-3-5-13(6-4-10)19(21)22/h1-9H,(H2,17,20). The fourth-order valence-corrected chi connectivity index (χ4v) is 2.31. The molecule has 6 nitrogen and oxygen atoms in total. The van der Waals surface area contributed by atoms with Crippen LogP contribution in [-0.4, -0.2) is 15.8 Å². The van der Waals surface area contributed by atoms with Gasteiger partial charge in [0.1, 0.15) is 0 Å². The van der Waals surface area contributed by atoms with Crippen LogP contribution in [0.3, 0.4) is 0 Å². The number of nitro benzene ring substituents is 1. The zero-order valence-corrected chi connectivity index (χ0v) is 11.4. The van der Waals surface area contributed by atoms with E-state index in [0.717, 1.165) is 21.9 Å². The average molecular weight is 293 g/mol. The fourth-order valence-electron chi connectivity index (χ4n) is 2.31. The number of carbonyl (C=O) groups excluding carboxylic acids is 1. The molecule has 1 amide bonds. The molecule has 0 saturated heterocycles. The number of aromatic nitrogens is 1. The van der Waals surface area contributed by atoms with E-state index in [1.807, 2.05) is 0 Å². The minimum atomic E-state index is -0.506. The monoisotopic (exact) mass is 293 g/mol. The third-order valence-corrected chi connectivity index (χ3v) is 3.43. The maximum atomic E-state index is 11.3. The van der Waals surface area contributed by atoms with Gasteiger partial charge in [0.2, 0.25) is 5.91 Å². The lowest BCUT2D eigenvalue weighted by Crippen LogP contribution is -2.10. The molecule has 3 rings (SSSR count). The first-order valence-electron chi connectivity index (χ1n) is 6.48. The predicted molar refractivity (Wildman–Crippen MR) is 82.4 cm³/mol. The lowest BCUT2D eigenvalue weighted by Gasteiger charge is -2.07. The molecule has 1 heterocycles. The topological polar surface area (TPSA) is 99.1 Å². The highest BCUT2D eigenvalue weighted by Crippen LogP contribution is 2.29. The van der Waals surface area contributed by atoms with Crippen LogP contribution in [0.15, 0.2) is 54.9 Å². The molecule has 0 spiro atoms. The third kappa shape index (κ3) is 2.37. The van der Waals surface area contributed by atoms with Gasteiger partial charge in [-0.05, 0) is 35.2 Å². The van der Waals surface area contributed by atoms with Crippen molar-refractivity contribution in [2.45, 2.75) is 0 Å². The third-order valence-electron chi connectivity index (χ3n) is 3.43. The number of carbonyl (C=O) groups is 1. The fraction of sp³-hybridized carbons (Fsp3) is 0. The molecule has 0 aliphatic rings. The smallest absolute Gasteiger partial charge is 0.269 e. The Bertz CT molecular complexity index is 889. The summed E-state index contributed by atoms with van der Waals surface area (Å²) < 4.78 is 0. The summed E-state index contributed by atoms with van der Waals surface area (Å²) in [6.45, 7) is 0. The molecule has 0 bridgehead atoms. The van der Waals surface area contributed by atoms with Gasteiger partial charge in [-0.25, -0.2) is 0 Å². The first kappa shape index (κ1) is 13.7. The molecule has 0 radical (unpaired) electrons. The van der Waals surface area contributed by atoms with E-state index in [4.69, 9.17) is 5.73 Å². The Morgan fingerprint density at radius 3 is 2.45 bits per heavy atom. The maximum absolute atomic E-state index is 11.3. The Morgan fingerprint density at radius 1 is 1.09 bits per heavy atom. The zero-order valence-electron chi connectivity index (χ0n) is 11.4. The SMILES string of the molecule is NC(=O)c1ccc2cncc(-c3ccc([N+](=O)[O-])cc3)c2c1. The van der Waals surface area contributed by atoms with Crippen molar-refractivity contribution < 1.29 is 9.72 Å². The Balaban J connectivity index is 2.19. The summed E-state index contributed by atoms with van der Waals surface area (Å²) in [5.74, 6) is -0.506. The van der Waals surface area contributed by atoms with Crippen molar-refractivity contribution in [2.24, 2.45) is 5.73 Å². The number of nitrogens with two attached hydrogens (primary N) is 1. The molecule has 3 aromatic rings. The highest BCUT2D eigenvalue weighted by atomic mass is 16.6. The van der Waals surface area contributed by atoms with Gasteiger partial charge in [-0.3, -0.25) is 19.9 Å². The second-order valence-corrected chi connectivity index (χ2v) is 4.79. The number of non-ortho nitro benzene ring substituents is 1. The van der Waals surface area contributed by atoms with Gasteiger partial charge in [-0.1, -0.05) is 6.07 Å². The summed E-state index contributed by atoms with van der Waals surface area (Å²) in [5.41, 5.74) is 7.31. The van der Waals surface area contributed by atoms with E-state index in [1.165, 1.54) is 12.1 Å². The molecule has 6 heteroatoms. The molecule has 0 atom stereocenters. The van der Waals surface area contributed by atoms with Crippen LogP contribution < -0.4 is 5.73 Å². The second kappa shape index (κ2) is 5.25. The highest BCUT2D eigenvalue weighted by Gasteiger charge is 2.10. The lowest BCUT2D eigenvalue weighted by atomic mass is 9.99. The van der Waals surface area contributed by atoms with Gasteiger partial charge in [0, 0.05) is 41.0 Å². The number of fused-ring (bicyclic) bond motifs is 1. The van der Waals surface area contributed by atoms with E-state index in [0.29, 0.717) is 5.56 Å². The average Bonchev–Trinajstić information content (AvgIpc) is 2.53. The molecule has 0 fully saturated rings. The van der Waals surface area contributed by atoms with E-state index in [1.54, 1.807) is 42.7 Å². The van der Waals surface area contributed by atoms with Crippen molar-refractivity contribution in [3.05, 3.63) is 70.5 Å². The summed E-state index contributed by atoms with van der Waals surface area (Å²) in [6, 6.07) is 11.3. The predicted octanol–water partition coefficient (Wildman–Crippen LogP) is 2.91. The first-order chi connectivity index (χ1) is 10.6. The van der Waals surface area contributed by atoms with Crippen molar-refractivity contribution >= 4 is 22.4 Å². The van der Waals surface area contributed by atoms with Crippen LogP contribution in [0.1, 0.15) is 10.4 Å². The highest BCUT2D eigenvalue weighted by molar-refractivity contribution is 6.02. The van der Waals surface area contributed by atoms with Gasteiger partial charge in [0.25, 0.3) is 5.69 Å². The molecule has 108 valence electrons. The number of hydrogen-bond acceptors (Lipinski definition) is 4. The molecular formula is C16H11N3O3. The van der Waals surface area contributed by atoms with Crippen molar-refractivity contribution in [3.63, 3.8) is 0 Å². The first-order valence-corrected chi connectivity index (χ1v) is 6.48. The van der Waals surface area contributed by atoms with Crippen molar-refractivity contribution in [1.82, 2.24) is 4.98 Å². The summed E-state index contributed by atoms with van der Waals surface area (Å²) in [5, 5.41) is 12.4. The maximum Gasteiger partial charge on any atom is 0.269 e. The van der Waals surface area contributed by atoms with Crippen LogP contribution in [-0.2, 0) is 0 Å². The molecular weight excluding hydrogens is 282 g/mol. The molecule has 0 saturated carbocycles. The summed E-state index contributed by atoms with van der Waals surface area (Å²) in [4.78, 5) is 25.8. The molecule has 22 heavy (non-hydrogen) atoms. The van der Waals surface area contributed by atoms with Gasteiger partial charge >= 0.3 is 0 Å². The number of amides is 1. The number of nitrogens with zero attached hydrogens (tertiary/aromatic N) is 2. The van der Waals surface area contributed by atoms with E-state index in [-0.39, 0.29) is 5.69 Å². The number of hydrogen-bond donors (Lipinski definition) is 1. The van der Waals surface area contributed by atoms with Gasteiger partial charge in [0.05, 0.1) is 4.92 Å². The van der Waals surface area contributed by atoms with Crippen molar-refractivity contribution in [3.8, 4) is 11.1 Å². The van der Waals surface area contributed by atoms with E-state index < -0.39 is 10.8 Å². The summed E-state index contributed by atoms with van der Waals surface area (Å²) in [6.07, 6.45) is 3.35. The number of benzene rings is 2. The Morgan fingerprint density at radius 2 is 1.82 bits per heavy atom. The number of rotatable bonds is 3. The molecule has 0 unspecified atom stereocenters. The Labute approximate surface area is 125 Å². The van der Waals surface area contributed by atoms with Crippen molar-refractivity contribution in [2.75, 3.05) is 0 Å². The van der Waals surface area contributed by atoms with Gasteiger partial charge in [-0.2, -0.15) is 0 Å². The Hall–Kier alpha value is -3.28. The van der Waals surface area contributed by atoms with Gasteiger partial charge in [-0.15, -0.1) is 0 Å². The number of primary amides is 1. The van der Waals surface area contributed by atoms with E-state index in [2.05, 4.69) is 4.98 Å². The summed E-state index contributed by atoms with van der Waals surface area (Å²) in [7, 11) is 0. The Kier molecular flexibility index (Phi) is 3.27. The second-order valence-electron chi connectivity index (χ2n) is 4.79. The van der Waals surface area contributed by atoms with E-state index >= 15 is 0 Å².